The average Bonchev–Trinajstić information content (AvgIpc) is 3.07. The number of carbonyl (C=O) groups is 1. The lowest BCUT2D eigenvalue weighted by Crippen LogP contribution is -2.45. The summed E-state index contributed by atoms with van der Waals surface area (Å²) < 4.78 is 7.31. The Bertz CT molecular complexity index is 1110. The number of nitrogens with one attached hydrogen (secondary N) is 2. The molecule has 1 heterocycles. The fourth-order valence-electron chi connectivity index (χ4n) is 4.45. The van der Waals surface area contributed by atoms with Gasteiger partial charge in [0.2, 0.25) is 5.88 Å². The molecule has 168 valence electrons. The van der Waals surface area contributed by atoms with Crippen molar-refractivity contribution < 1.29 is 14.6 Å². The molecule has 0 saturated heterocycles. The first-order chi connectivity index (χ1) is 15.3. The quantitative estimate of drug-likeness (QED) is 0.552. The molecule has 1 aliphatic carbocycles. The fraction of sp³-hybridized carbons (Fsp3) is 0.360. The topological polar surface area (TPSA) is 88.4 Å². The molecular formula is C25H30N4O3. The lowest BCUT2D eigenvalue weighted by Gasteiger charge is -2.40. The molecule has 2 unspecified atom stereocenters. The normalized spacial score (nSPS) is 19.2. The van der Waals surface area contributed by atoms with E-state index in [0.29, 0.717) is 24.7 Å². The number of aliphatic hydroxyl groups excluding tert-OH is 1. The highest BCUT2D eigenvalue weighted by Gasteiger charge is 2.39. The lowest BCUT2D eigenvalue weighted by molar-refractivity contribution is 0.0883. The van der Waals surface area contributed by atoms with Gasteiger partial charge in [0.25, 0.3) is 0 Å². The van der Waals surface area contributed by atoms with Crippen LogP contribution in [0.1, 0.15) is 49.9 Å². The van der Waals surface area contributed by atoms with E-state index in [2.05, 4.69) is 35.6 Å². The zero-order valence-electron chi connectivity index (χ0n) is 18.9. The Kier molecular flexibility index (Phi) is 5.93. The van der Waals surface area contributed by atoms with Gasteiger partial charge >= 0.3 is 6.03 Å². The number of urea groups is 1. The van der Waals surface area contributed by atoms with Crippen LogP contribution in [0.15, 0.2) is 54.6 Å². The fourth-order valence-corrected chi connectivity index (χ4v) is 4.45. The molecule has 0 fully saturated rings. The molecule has 2 amide bonds. The van der Waals surface area contributed by atoms with Gasteiger partial charge in [-0.05, 0) is 48.9 Å². The third-order valence-electron chi connectivity index (χ3n) is 6.01. The summed E-state index contributed by atoms with van der Waals surface area (Å²) in [5.74, 6) is 0.993. The number of para-hydroxylation sites is 1. The first-order valence-electron chi connectivity index (χ1n) is 10.9. The van der Waals surface area contributed by atoms with Crippen molar-refractivity contribution in [2.75, 3.05) is 11.9 Å². The first kappa shape index (κ1) is 21.9. The van der Waals surface area contributed by atoms with Crippen LogP contribution in [0.3, 0.4) is 0 Å². The van der Waals surface area contributed by atoms with Gasteiger partial charge in [0.05, 0.1) is 30.0 Å². The van der Waals surface area contributed by atoms with Crippen molar-refractivity contribution in [1.82, 2.24) is 15.1 Å². The van der Waals surface area contributed by atoms with E-state index in [-0.39, 0.29) is 5.41 Å². The van der Waals surface area contributed by atoms with Gasteiger partial charge < -0.3 is 15.2 Å². The van der Waals surface area contributed by atoms with E-state index in [1.807, 2.05) is 62.4 Å². The van der Waals surface area contributed by atoms with Crippen molar-refractivity contribution in [2.45, 2.75) is 51.7 Å². The summed E-state index contributed by atoms with van der Waals surface area (Å²) in [5, 5.41) is 21.3. The van der Waals surface area contributed by atoms with Crippen LogP contribution in [0.5, 0.6) is 5.88 Å². The molecule has 0 radical (unpaired) electrons. The van der Waals surface area contributed by atoms with E-state index in [9.17, 15) is 9.90 Å². The third-order valence-corrected chi connectivity index (χ3v) is 6.01. The number of carbonyl (C=O) groups excluding carboxylic acids is 1. The van der Waals surface area contributed by atoms with Crippen LogP contribution in [0.4, 0.5) is 10.6 Å². The number of rotatable bonds is 5. The second-order valence-electron chi connectivity index (χ2n) is 8.78. The van der Waals surface area contributed by atoms with Crippen LogP contribution < -0.4 is 15.4 Å². The lowest BCUT2D eigenvalue weighted by atomic mass is 9.70. The second-order valence-corrected chi connectivity index (χ2v) is 8.78. The maximum atomic E-state index is 13.1. The van der Waals surface area contributed by atoms with Crippen molar-refractivity contribution in [3.05, 3.63) is 71.3 Å². The molecular weight excluding hydrogens is 404 g/mol. The largest absolute Gasteiger partial charge is 0.477 e. The highest BCUT2D eigenvalue weighted by Crippen LogP contribution is 2.41. The molecule has 32 heavy (non-hydrogen) atoms. The van der Waals surface area contributed by atoms with Gasteiger partial charge in [0.15, 0.2) is 0 Å². The first-order valence-corrected chi connectivity index (χ1v) is 10.9. The summed E-state index contributed by atoms with van der Waals surface area (Å²) in [6.07, 6.45) is -0.130. The molecule has 0 saturated carbocycles. The summed E-state index contributed by atoms with van der Waals surface area (Å²) in [6, 6.07) is 16.6. The van der Waals surface area contributed by atoms with Crippen LogP contribution in [0.25, 0.3) is 5.69 Å². The maximum Gasteiger partial charge on any atom is 0.320 e. The zero-order chi connectivity index (χ0) is 22.9. The maximum absolute atomic E-state index is 13.1. The van der Waals surface area contributed by atoms with Gasteiger partial charge in [-0.3, -0.25) is 5.32 Å². The Morgan fingerprint density at radius 2 is 1.88 bits per heavy atom. The number of hydrogen-bond donors (Lipinski definition) is 3. The van der Waals surface area contributed by atoms with E-state index in [1.54, 1.807) is 4.68 Å². The number of hydrogen-bond acceptors (Lipinski definition) is 4. The SMILES string of the molecule is CCOc1nn(-c2ccccc2)c(NC(=O)NC2c3ccccc3C(C)(C)CC2O)c1C. The molecule has 3 N–H and O–H groups in total. The predicted octanol–water partition coefficient (Wildman–Crippen LogP) is 4.48. The number of aliphatic hydroxyl groups is 1. The van der Waals surface area contributed by atoms with Crippen molar-refractivity contribution in [3.63, 3.8) is 0 Å². The minimum absolute atomic E-state index is 0.167. The van der Waals surface area contributed by atoms with Crippen LogP contribution in [0.2, 0.25) is 0 Å². The van der Waals surface area contributed by atoms with Crippen LogP contribution in [-0.4, -0.2) is 33.6 Å². The van der Waals surface area contributed by atoms with Crippen molar-refractivity contribution >= 4 is 11.8 Å². The van der Waals surface area contributed by atoms with Crippen molar-refractivity contribution in [2.24, 2.45) is 0 Å². The van der Waals surface area contributed by atoms with E-state index >= 15 is 0 Å². The molecule has 3 aromatic rings. The minimum Gasteiger partial charge on any atom is -0.477 e. The smallest absolute Gasteiger partial charge is 0.320 e. The highest BCUT2D eigenvalue weighted by molar-refractivity contribution is 5.90. The Balaban J connectivity index is 1.62. The summed E-state index contributed by atoms with van der Waals surface area (Å²) in [7, 11) is 0. The van der Waals surface area contributed by atoms with Gasteiger partial charge in [-0.2, -0.15) is 0 Å². The van der Waals surface area contributed by atoms with Crippen LogP contribution >= 0.6 is 0 Å². The molecule has 0 spiro atoms. The molecule has 7 heteroatoms. The standard InChI is InChI=1S/C25H30N4O3/c1-5-32-23-16(2)22(29(28-23)17-11-7-6-8-12-17)27-24(31)26-21-18-13-9-10-14-19(18)25(3,4)15-20(21)30/h6-14,20-21,30H,5,15H2,1-4H3,(H2,26,27,31). The van der Waals surface area contributed by atoms with E-state index in [1.165, 1.54) is 0 Å². The number of fused-ring (bicyclic) bond motifs is 1. The van der Waals surface area contributed by atoms with Crippen LogP contribution in [0, 0.1) is 6.92 Å². The van der Waals surface area contributed by atoms with Gasteiger partial charge in [-0.1, -0.05) is 56.3 Å². The van der Waals surface area contributed by atoms with Crippen molar-refractivity contribution in [3.8, 4) is 11.6 Å². The molecule has 1 aromatic heterocycles. The number of amides is 2. The Hall–Kier alpha value is -3.32. The molecule has 2 aromatic carbocycles. The molecule has 0 aliphatic heterocycles. The minimum atomic E-state index is -0.690. The third kappa shape index (κ3) is 4.08. The summed E-state index contributed by atoms with van der Waals surface area (Å²) >= 11 is 0. The summed E-state index contributed by atoms with van der Waals surface area (Å²) in [5.41, 5.74) is 3.45. The number of aromatic nitrogens is 2. The van der Waals surface area contributed by atoms with Gasteiger partial charge in [0.1, 0.15) is 5.82 Å². The summed E-state index contributed by atoms with van der Waals surface area (Å²) in [6.45, 7) is 8.45. The number of ether oxygens (including phenoxy) is 1. The Labute approximate surface area is 188 Å². The number of benzene rings is 2. The van der Waals surface area contributed by atoms with Crippen molar-refractivity contribution in [1.29, 1.82) is 0 Å². The molecule has 0 bridgehead atoms. The van der Waals surface area contributed by atoms with Gasteiger partial charge in [0, 0.05) is 0 Å². The molecule has 2 atom stereocenters. The monoisotopic (exact) mass is 434 g/mol. The Morgan fingerprint density at radius 1 is 1.19 bits per heavy atom. The van der Waals surface area contributed by atoms with E-state index in [0.717, 1.165) is 22.4 Å². The average molecular weight is 435 g/mol. The van der Waals surface area contributed by atoms with Gasteiger partial charge in [-0.15, -0.1) is 5.10 Å². The zero-order valence-corrected chi connectivity index (χ0v) is 18.9. The predicted molar refractivity (Wildman–Crippen MR) is 124 cm³/mol. The summed E-state index contributed by atoms with van der Waals surface area (Å²) in [4.78, 5) is 13.1. The highest BCUT2D eigenvalue weighted by atomic mass is 16.5. The molecule has 1 aliphatic rings. The number of nitrogens with zero attached hydrogens (tertiary/aromatic N) is 2. The Morgan fingerprint density at radius 3 is 2.59 bits per heavy atom. The van der Waals surface area contributed by atoms with E-state index < -0.39 is 18.2 Å². The second kappa shape index (κ2) is 8.67. The van der Waals surface area contributed by atoms with Gasteiger partial charge in [-0.25, -0.2) is 9.48 Å². The van der Waals surface area contributed by atoms with Crippen LogP contribution in [-0.2, 0) is 5.41 Å². The molecule has 7 nitrogen and oxygen atoms in total. The molecule has 4 rings (SSSR count). The number of anilines is 1. The van der Waals surface area contributed by atoms with E-state index in [4.69, 9.17) is 4.74 Å².